The molecule has 0 aliphatic carbocycles. The van der Waals surface area contributed by atoms with Crippen LogP contribution in [-0.4, -0.2) is 36.2 Å². The smallest absolute Gasteiger partial charge is 0.411 e. The van der Waals surface area contributed by atoms with Crippen LogP contribution in [0.15, 0.2) is 30.3 Å². The molecule has 6 nitrogen and oxygen atoms in total. The van der Waals surface area contributed by atoms with Crippen molar-refractivity contribution in [3.05, 3.63) is 64.5 Å². The van der Waals surface area contributed by atoms with Gasteiger partial charge in [0, 0.05) is 6.54 Å². The van der Waals surface area contributed by atoms with Crippen molar-refractivity contribution in [3.8, 4) is 5.75 Å². The van der Waals surface area contributed by atoms with E-state index in [1.165, 1.54) is 18.1 Å². The summed E-state index contributed by atoms with van der Waals surface area (Å²) in [6.45, 7) is 4.86. The predicted octanol–water partition coefficient (Wildman–Crippen LogP) is 4.69. The van der Waals surface area contributed by atoms with Gasteiger partial charge in [0.2, 0.25) is 0 Å². The highest BCUT2D eigenvalue weighted by atomic mass is 19.2. The maximum Gasteiger partial charge on any atom is 0.411 e. The van der Waals surface area contributed by atoms with E-state index >= 15 is 0 Å². The Kier molecular flexibility index (Phi) is 6.66. The highest BCUT2D eigenvalue weighted by Gasteiger charge is 2.39. The molecule has 1 atom stereocenters. The number of nitrogens with zero attached hydrogens (tertiary/aromatic N) is 1. The van der Waals surface area contributed by atoms with Crippen molar-refractivity contribution >= 4 is 12.1 Å². The third kappa shape index (κ3) is 4.98. The minimum atomic E-state index is -1.30. The summed E-state index contributed by atoms with van der Waals surface area (Å²) in [4.78, 5) is 26.4. The zero-order valence-electron chi connectivity index (χ0n) is 18.2. The third-order valence-corrected chi connectivity index (χ3v) is 4.92. The van der Waals surface area contributed by atoms with E-state index in [9.17, 15) is 22.8 Å². The van der Waals surface area contributed by atoms with Gasteiger partial charge in [-0.25, -0.2) is 22.8 Å². The van der Waals surface area contributed by atoms with E-state index in [1.807, 2.05) is 0 Å². The molecule has 2 aromatic carbocycles. The second kappa shape index (κ2) is 9.10. The highest BCUT2D eigenvalue weighted by molar-refractivity contribution is 5.84. The van der Waals surface area contributed by atoms with Gasteiger partial charge in [-0.15, -0.1) is 0 Å². The molecular formula is C23H24F3NO5. The van der Waals surface area contributed by atoms with Gasteiger partial charge in [0.05, 0.1) is 12.7 Å². The van der Waals surface area contributed by atoms with Crippen molar-refractivity contribution in [2.45, 2.75) is 45.4 Å². The average Bonchev–Trinajstić information content (AvgIpc) is 2.73. The number of hydrogen-bond acceptors (Lipinski definition) is 5. The number of esters is 1. The normalized spacial score (nSPS) is 15.7. The molecule has 172 valence electrons. The number of benzene rings is 2. The molecular weight excluding hydrogens is 427 g/mol. The van der Waals surface area contributed by atoms with Gasteiger partial charge in [0.25, 0.3) is 0 Å². The lowest BCUT2D eigenvalue weighted by Crippen LogP contribution is -2.46. The van der Waals surface area contributed by atoms with Gasteiger partial charge in [-0.3, -0.25) is 4.90 Å². The molecule has 2 aromatic rings. The summed E-state index contributed by atoms with van der Waals surface area (Å²) in [7, 11) is 1.23. The topological polar surface area (TPSA) is 65.1 Å². The van der Waals surface area contributed by atoms with Crippen LogP contribution in [-0.2, 0) is 27.3 Å². The maximum absolute atomic E-state index is 13.9. The quantitative estimate of drug-likeness (QED) is 0.499. The predicted molar refractivity (Wildman–Crippen MR) is 108 cm³/mol. The van der Waals surface area contributed by atoms with Crippen LogP contribution in [0.2, 0.25) is 0 Å². The van der Waals surface area contributed by atoms with Gasteiger partial charge in [0.1, 0.15) is 23.8 Å². The molecule has 9 heteroatoms. The molecule has 0 saturated carbocycles. The Morgan fingerprint density at radius 2 is 1.78 bits per heavy atom. The van der Waals surface area contributed by atoms with Crippen LogP contribution in [0.25, 0.3) is 0 Å². The fourth-order valence-corrected chi connectivity index (χ4v) is 3.43. The molecule has 32 heavy (non-hydrogen) atoms. The van der Waals surface area contributed by atoms with E-state index in [-0.39, 0.29) is 12.3 Å². The van der Waals surface area contributed by atoms with Gasteiger partial charge >= 0.3 is 12.1 Å². The summed E-state index contributed by atoms with van der Waals surface area (Å²) in [5.41, 5.74) is -0.0226. The van der Waals surface area contributed by atoms with Crippen molar-refractivity contribution < 1.29 is 37.0 Å². The highest BCUT2D eigenvalue weighted by Crippen LogP contribution is 2.34. The van der Waals surface area contributed by atoms with Gasteiger partial charge in [-0.05, 0) is 62.6 Å². The molecule has 0 fully saturated rings. The summed E-state index contributed by atoms with van der Waals surface area (Å²) in [6.07, 6.45) is -0.252. The first kappa shape index (κ1) is 23.4. The number of halogens is 3. The van der Waals surface area contributed by atoms with E-state index in [0.717, 1.165) is 6.07 Å². The third-order valence-electron chi connectivity index (χ3n) is 4.92. The fourth-order valence-electron chi connectivity index (χ4n) is 3.43. The number of hydrogen-bond donors (Lipinski definition) is 0. The van der Waals surface area contributed by atoms with Crippen molar-refractivity contribution in [2.75, 3.05) is 13.7 Å². The van der Waals surface area contributed by atoms with E-state index in [2.05, 4.69) is 0 Å². The molecule has 0 N–H and O–H groups in total. The fraction of sp³-hybridized carbons (Fsp3) is 0.391. The van der Waals surface area contributed by atoms with Crippen LogP contribution in [0.3, 0.4) is 0 Å². The molecule has 0 spiro atoms. The molecule has 0 radical (unpaired) electrons. The lowest BCUT2D eigenvalue weighted by atomic mass is 9.92. The number of methoxy groups -OCH3 is 1. The molecule has 0 unspecified atom stereocenters. The van der Waals surface area contributed by atoms with Crippen LogP contribution in [0.4, 0.5) is 18.0 Å². The van der Waals surface area contributed by atoms with Crippen LogP contribution in [0.5, 0.6) is 5.75 Å². The molecule has 1 amide bonds. The second-order valence-electron chi connectivity index (χ2n) is 8.32. The first-order chi connectivity index (χ1) is 15.0. The minimum absolute atomic E-state index is 0.193. The Labute approximate surface area is 183 Å². The first-order valence-corrected chi connectivity index (χ1v) is 9.97. The summed E-state index contributed by atoms with van der Waals surface area (Å²) in [5.74, 6) is -3.74. The number of ether oxygens (including phenoxy) is 3. The Bertz CT molecular complexity index is 1040. The summed E-state index contributed by atoms with van der Waals surface area (Å²) in [5, 5.41) is 0. The maximum atomic E-state index is 13.9. The SMILES string of the molecule is COC(=O)[C@H]1c2ccc(OCc3c(F)ccc(F)c3F)cc2CCN1C(=O)OC(C)(C)C. The summed E-state index contributed by atoms with van der Waals surface area (Å²) < 4.78 is 56.9. The second-order valence-corrected chi connectivity index (χ2v) is 8.32. The molecule has 0 saturated heterocycles. The van der Waals surface area contributed by atoms with Crippen LogP contribution < -0.4 is 4.74 Å². The lowest BCUT2D eigenvalue weighted by molar-refractivity contribution is -0.147. The Morgan fingerprint density at radius 3 is 2.44 bits per heavy atom. The first-order valence-electron chi connectivity index (χ1n) is 9.97. The van der Waals surface area contributed by atoms with Crippen LogP contribution >= 0.6 is 0 Å². The number of fused-ring (bicyclic) bond motifs is 1. The Hall–Kier alpha value is -3.23. The van der Waals surface area contributed by atoms with E-state index in [1.54, 1.807) is 32.9 Å². The average molecular weight is 451 g/mol. The minimum Gasteiger partial charge on any atom is -0.489 e. The Balaban J connectivity index is 1.84. The Morgan fingerprint density at radius 1 is 1.09 bits per heavy atom. The molecule has 1 heterocycles. The largest absolute Gasteiger partial charge is 0.489 e. The van der Waals surface area contributed by atoms with Crippen LogP contribution in [0, 0.1) is 17.5 Å². The lowest BCUT2D eigenvalue weighted by Gasteiger charge is -2.36. The van der Waals surface area contributed by atoms with Crippen molar-refractivity contribution in [1.29, 1.82) is 0 Å². The standard InChI is InChI=1S/C23H24F3NO5/c1-23(2,3)32-22(29)27-10-9-13-11-14(5-6-15(13)20(27)21(28)30-4)31-12-16-17(24)7-8-18(25)19(16)26/h5-8,11,20H,9-10,12H2,1-4H3/t20-/m1/s1. The van der Waals surface area contributed by atoms with Gasteiger partial charge in [-0.1, -0.05) is 6.07 Å². The van der Waals surface area contributed by atoms with Crippen molar-refractivity contribution in [3.63, 3.8) is 0 Å². The molecule has 0 bridgehead atoms. The zero-order chi connectivity index (χ0) is 23.6. The molecule has 1 aliphatic heterocycles. The zero-order valence-corrected chi connectivity index (χ0v) is 18.2. The van der Waals surface area contributed by atoms with Crippen molar-refractivity contribution in [2.24, 2.45) is 0 Å². The van der Waals surface area contributed by atoms with E-state index in [0.29, 0.717) is 23.6 Å². The van der Waals surface area contributed by atoms with E-state index in [4.69, 9.17) is 14.2 Å². The van der Waals surface area contributed by atoms with Crippen molar-refractivity contribution in [1.82, 2.24) is 4.90 Å². The number of carbonyl (C=O) groups excluding carboxylic acids is 2. The molecule has 1 aliphatic rings. The van der Waals surface area contributed by atoms with E-state index < -0.39 is 53.3 Å². The monoisotopic (exact) mass is 451 g/mol. The number of rotatable bonds is 4. The number of amides is 1. The molecule has 3 rings (SSSR count). The van der Waals surface area contributed by atoms with Gasteiger partial charge in [-0.2, -0.15) is 0 Å². The van der Waals surface area contributed by atoms with Gasteiger partial charge in [0.15, 0.2) is 17.7 Å². The number of carbonyl (C=O) groups is 2. The summed E-state index contributed by atoms with van der Waals surface area (Å²) in [6, 6.07) is 5.23. The molecule has 0 aromatic heterocycles. The van der Waals surface area contributed by atoms with Gasteiger partial charge < -0.3 is 14.2 Å². The van der Waals surface area contributed by atoms with Crippen LogP contribution in [0.1, 0.15) is 43.5 Å². The summed E-state index contributed by atoms with van der Waals surface area (Å²) >= 11 is 0.